The maximum Gasteiger partial charge on any atom is 0.255 e. The van der Waals surface area contributed by atoms with Crippen molar-refractivity contribution in [1.82, 2.24) is 15.1 Å². The second kappa shape index (κ2) is 6.84. The molecule has 8 heteroatoms. The fraction of sp³-hybridized carbons (Fsp3) is 0.609. The molecule has 0 bridgehead atoms. The number of hydrogen-bond acceptors (Lipinski definition) is 5. The average Bonchev–Trinajstić information content (AvgIpc) is 3.20. The zero-order valence-corrected chi connectivity index (χ0v) is 18.0. The Labute approximate surface area is 180 Å². The number of hydrogen-bond donors (Lipinski definition) is 2. The lowest BCUT2D eigenvalue weighted by Gasteiger charge is -2.50. The molecular weight excluding hydrogens is 401 g/mol. The summed E-state index contributed by atoms with van der Waals surface area (Å²) in [4.78, 5) is 40.6. The highest BCUT2D eigenvalue weighted by atomic mass is 19.1. The second-order valence-electron chi connectivity index (χ2n) is 9.44. The van der Waals surface area contributed by atoms with Gasteiger partial charge in [0.15, 0.2) is 0 Å². The smallest absolute Gasteiger partial charge is 0.255 e. The van der Waals surface area contributed by atoms with Gasteiger partial charge in [-0.3, -0.25) is 19.7 Å². The van der Waals surface area contributed by atoms with E-state index in [0.29, 0.717) is 37.1 Å². The maximum atomic E-state index is 15.9. The number of halogens is 1. The van der Waals surface area contributed by atoms with Crippen LogP contribution in [-0.2, 0) is 28.2 Å². The fourth-order valence-corrected chi connectivity index (χ4v) is 6.28. The molecule has 1 aliphatic carbocycles. The molecule has 3 atom stereocenters. The summed E-state index contributed by atoms with van der Waals surface area (Å²) in [5.74, 6) is -1.75. The first-order valence-electron chi connectivity index (χ1n) is 11.2. The molecule has 3 aliphatic heterocycles. The Morgan fingerprint density at radius 1 is 1.29 bits per heavy atom. The summed E-state index contributed by atoms with van der Waals surface area (Å²) in [6, 6.07) is 0.962. The standard InChI is InChI=1S/C23H28FN3O4/c1-3-22-10-13-9-14-15(11-27(21(14)30)16-5-6-17(28)25-20(16)29)19(24)18(13)23(22,31)7-8-26(4-2)12-22/h9,16,31H,3-8,10-12H2,1-2H3,(H,25,28,29)/t16-,22?,23-/m0/s1. The van der Waals surface area contributed by atoms with Crippen molar-refractivity contribution >= 4 is 17.7 Å². The minimum absolute atomic E-state index is 0.0180. The summed E-state index contributed by atoms with van der Waals surface area (Å²) in [5.41, 5.74) is -0.133. The van der Waals surface area contributed by atoms with Gasteiger partial charge in [-0.2, -0.15) is 0 Å². The summed E-state index contributed by atoms with van der Waals surface area (Å²) < 4.78 is 15.9. The van der Waals surface area contributed by atoms with E-state index < -0.39 is 28.8 Å². The molecule has 3 amide bonds. The van der Waals surface area contributed by atoms with Gasteiger partial charge in [-0.25, -0.2) is 4.39 Å². The van der Waals surface area contributed by atoms with Crippen molar-refractivity contribution in [2.45, 2.75) is 64.1 Å². The first kappa shape index (κ1) is 20.6. The molecule has 1 aromatic rings. The molecule has 0 spiro atoms. The van der Waals surface area contributed by atoms with Crippen molar-refractivity contribution < 1.29 is 23.9 Å². The first-order valence-corrected chi connectivity index (χ1v) is 11.2. The molecule has 0 radical (unpaired) electrons. The van der Waals surface area contributed by atoms with Crippen molar-refractivity contribution in [2.24, 2.45) is 5.41 Å². The number of piperidine rings is 2. The Bertz CT molecular complexity index is 1010. The molecule has 4 aliphatic rings. The van der Waals surface area contributed by atoms with Crippen molar-refractivity contribution in [1.29, 1.82) is 0 Å². The molecule has 2 saturated heterocycles. The monoisotopic (exact) mass is 429 g/mol. The van der Waals surface area contributed by atoms with Crippen LogP contribution in [0.15, 0.2) is 6.07 Å². The Morgan fingerprint density at radius 3 is 2.74 bits per heavy atom. The predicted molar refractivity (Wildman–Crippen MR) is 110 cm³/mol. The highest BCUT2D eigenvalue weighted by molar-refractivity contribution is 6.05. The van der Waals surface area contributed by atoms with Crippen LogP contribution in [0.4, 0.5) is 4.39 Å². The van der Waals surface area contributed by atoms with Crippen LogP contribution in [0.3, 0.4) is 0 Å². The maximum absolute atomic E-state index is 15.9. The van der Waals surface area contributed by atoms with Crippen LogP contribution in [0, 0.1) is 11.2 Å². The zero-order chi connectivity index (χ0) is 22.1. The number of nitrogens with one attached hydrogen (secondary N) is 1. The van der Waals surface area contributed by atoms with Crippen LogP contribution in [0.25, 0.3) is 0 Å². The summed E-state index contributed by atoms with van der Waals surface area (Å²) in [6.45, 7) is 6.39. The molecule has 1 unspecified atom stereocenters. The van der Waals surface area contributed by atoms with Crippen LogP contribution in [0.1, 0.15) is 66.6 Å². The van der Waals surface area contributed by atoms with Crippen molar-refractivity contribution in [3.05, 3.63) is 34.1 Å². The first-order chi connectivity index (χ1) is 14.7. The topological polar surface area (TPSA) is 89.9 Å². The molecule has 3 heterocycles. The van der Waals surface area contributed by atoms with Gasteiger partial charge in [-0.1, -0.05) is 13.8 Å². The van der Waals surface area contributed by atoms with Crippen LogP contribution >= 0.6 is 0 Å². The van der Waals surface area contributed by atoms with Gasteiger partial charge in [0.05, 0.1) is 6.54 Å². The van der Waals surface area contributed by atoms with E-state index >= 15 is 4.39 Å². The molecular formula is C23H28FN3O4. The lowest BCUT2D eigenvalue weighted by molar-refractivity contribution is -0.137. The fourth-order valence-electron chi connectivity index (χ4n) is 6.28. The van der Waals surface area contributed by atoms with Gasteiger partial charge in [-0.05, 0) is 43.9 Å². The van der Waals surface area contributed by atoms with E-state index in [2.05, 4.69) is 17.1 Å². The molecule has 31 heavy (non-hydrogen) atoms. The van der Waals surface area contributed by atoms with Gasteiger partial charge in [0.2, 0.25) is 11.8 Å². The summed E-state index contributed by atoms with van der Waals surface area (Å²) in [7, 11) is 0. The third-order valence-electron chi connectivity index (χ3n) is 8.12. The van der Waals surface area contributed by atoms with Crippen LogP contribution in [-0.4, -0.2) is 58.3 Å². The third-order valence-corrected chi connectivity index (χ3v) is 8.12. The van der Waals surface area contributed by atoms with E-state index in [0.717, 1.165) is 13.0 Å². The van der Waals surface area contributed by atoms with Crippen molar-refractivity contribution in [3.8, 4) is 0 Å². The number of carbonyl (C=O) groups is 3. The molecule has 0 aromatic heterocycles. The minimum atomic E-state index is -1.26. The average molecular weight is 429 g/mol. The highest BCUT2D eigenvalue weighted by Crippen LogP contribution is 2.58. The molecule has 2 fully saturated rings. The quantitative estimate of drug-likeness (QED) is 0.710. The summed E-state index contributed by atoms with van der Waals surface area (Å²) in [5, 5.41) is 14.1. The van der Waals surface area contributed by atoms with E-state index in [9.17, 15) is 19.5 Å². The predicted octanol–water partition coefficient (Wildman–Crippen LogP) is 1.45. The van der Waals surface area contributed by atoms with Crippen molar-refractivity contribution in [2.75, 3.05) is 19.6 Å². The largest absolute Gasteiger partial charge is 0.384 e. The van der Waals surface area contributed by atoms with Gasteiger partial charge in [0.25, 0.3) is 5.91 Å². The minimum Gasteiger partial charge on any atom is -0.384 e. The van der Waals surface area contributed by atoms with Crippen LogP contribution < -0.4 is 5.32 Å². The number of aliphatic hydroxyl groups is 1. The molecule has 166 valence electrons. The van der Waals surface area contributed by atoms with E-state index in [-0.39, 0.29) is 42.3 Å². The highest BCUT2D eigenvalue weighted by Gasteiger charge is 2.60. The lowest BCUT2D eigenvalue weighted by atomic mass is 9.66. The van der Waals surface area contributed by atoms with E-state index in [1.54, 1.807) is 6.07 Å². The molecule has 5 rings (SSSR count). The molecule has 7 nitrogen and oxygen atoms in total. The Morgan fingerprint density at radius 2 is 2.06 bits per heavy atom. The van der Waals surface area contributed by atoms with E-state index in [1.165, 1.54) is 4.90 Å². The number of benzene rings is 1. The van der Waals surface area contributed by atoms with Gasteiger partial charge in [0, 0.05) is 41.6 Å². The normalized spacial score (nSPS) is 32.7. The van der Waals surface area contributed by atoms with Crippen LogP contribution in [0.5, 0.6) is 0 Å². The Kier molecular flexibility index (Phi) is 4.54. The Hall–Kier alpha value is -2.32. The molecule has 2 N–H and O–H groups in total. The second-order valence-corrected chi connectivity index (χ2v) is 9.44. The number of likely N-dealkylation sites (tertiary alicyclic amines) is 1. The van der Waals surface area contributed by atoms with E-state index in [4.69, 9.17) is 0 Å². The number of rotatable bonds is 3. The number of carbonyl (C=O) groups excluding carboxylic acids is 3. The van der Waals surface area contributed by atoms with Gasteiger partial charge in [-0.15, -0.1) is 0 Å². The van der Waals surface area contributed by atoms with Gasteiger partial charge < -0.3 is 14.9 Å². The zero-order valence-electron chi connectivity index (χ0n) is 18.0. The Balaban J connectivity index is 1.54. The van der Waals surface area contributed by atoms with E-state index in [1.807, 2.05) is 6.92 Å². The molecule has 0 saturated carbocycles. The van der Waals surface area contributed by atoms with Gasteiger partial charge >= 0.3 is 0 Å². The van der Waals surface area contributed by atoms with Gasteiger partial charge in [0.1, 0.15) is 17.5 Å². The lowest BCUT2D eigenvalue weighted by Crippen LogP contribution is -2.56. The summed E-state index contributed by atoms with van der Waals surface area (Å²) in [6.07, 6.45) is 2.10. The summed E-state index contributed by atoms with van der Waals surface area (Å²) >= 11 is 0. The number of imide groups is 1. The number of fused-ring (bicyclic) bond motifs is 4. The number of amides is 3. The molecule has 1 aromatic carbocycles. The number of nitrogens with zero attached hydrogens (tertiary/aromatic N) is 2. The third kappa shape index (κ3) is 2.67. The SMILES string of the molecule is CCN1CC[C@]2(O)c3c(cc4c(c3F)CN([C@H]3CCC(=O)NC3=O)C4=O)CC2(CC)C1. The van der Waals surface area contributed by atoms with Crippen LogP contribution in [0.2, 0.25) is 0 Å². The van der Waals surface area contributed by atoms with Crippen molar-refractivity contribution in [3.63, 3.8) is 0 Å².